The van der Waals surface area contributed by atoms with E-state index in [0.29, 0.717) is 18.1 Å². The third kappa shape index (κ3) is 4.50. The Morgan fingerprint density at radius 1 is 1.28 bits per heavy atom. The van der Waals surface area contributed by atoms with Crippen LogP contribution in [0.25, 0.3) is 0 Å². The van der Waals surface area contributed by atoms with Crippen molar-refractivity contribution >= 4 is 40.8 Å². The smallest absolute Gasteiger partial charge is 0.230 e. The average molecular weight is 378 g/mol. The maximum atomic E-state index is 12.4. The first-order chi connectivity index (χ1) is 12.0. The van der Waals surface area contributed by atoms with Crippen molar-refractivity contribution in [2.75, 3.05) is 18.4 Å². The Balaban J connectivity index is 1.57. The normalized spacial score (nSPS) is 17.0. The van der Waals surface area contributed by atoms with Crippen LogP contribution in [0.3, 0.4) is 0 Å². The molecule has 0 spiro atoms. The van der Waals surface area contributed by atoms with E-state index in [0.717, 1.165) is 6.42 Å². The summed E-state index contributed by atoms with van der Waals surface area (Å²) in [6.45, 7) is 1.01. The number of benzene rings is 1. The highest BCUT2D eigenvalue weighted by molar-refractivity contribution is 6.36. The van der Waals surface area contributed by atoms with Crippen molar-refractivity contribution in [2.45, 2.75) is 12.8 Å². The van der Waals surface area contributed by atoms with Gasteiger partial charge in [0.1, 0.15) is 0 Å². The summed E-state index contributed by atoms with van der Waals surface area (Å²) in [7, 11) is 0. The lowest BCUT2D eigenvalue weighted by molar-refractivity contribution is -0.128. The molecule has 5 nitrogen and oxygen atoms in total. The first-order valence-corrected chi connectivity index (χ1v) is 8.72. The van der Waals surface area contributed by atoms with Crippen LogP contribution in [-0.4, -0.2) is 34.8 Å². The summed E-state index contributed by atoms with van der Waals surface area (Å²) in [5.74, 6) is -0.415. The van der Waals surface area contributed by atoms with Gasteiger partial charge in [-0.1, -0.05) is 53.5 Å². The van der Waals surface area contributed by atoms with Gasteiger partial charge in [-0.05, 0) is 18.1 Å². The number of likely N-dealkylation sites (tertiary alicyclic amines) is 1. The van der Waals surface area contributed by atoms with Gasteiger partial charge in [0.05, 0.1) is 16.0 Å². The Labute approximate surface area is 155 Å². The summed E-state index contributed by atoms with van der Waals surface area (Å²) in [5.41, 5.74) is 1.17. The molecule has 0 saturated carbocycles. The summed E-state index contributed by atoms with van der Waals surface area (Å²) in [5, 5.41) is 3.34. The van der Waals surface area contributed by atoms with Gasteiger partial charge in [0, 0.05) is 25.7 Å². The Morgan fingerprint density at radius 3 is 2.76 bits per heavy atom. The number of nitrogens with one attached hydrogen (secondary N) is 1. The quantitative estimate of drug-likeness (QED) is 0.867. The number of anilines is 1. The third-order valence-electron chi connectivity index (χ3n) is 4.15. The molecule has 0 radical (unpaired) electrons. The molecule has 1 aromatic carbocycles. The van der Waals surface area contributed by atoms with E-state index in [1.807, 2.05) is 30.3 Å². The van der Waals surface area contributed by atoms with Crippen LogP contribution in [0.5, 0.6) is 0 Å². The Morgan fingerprint density at radius 2 is 2.04 bits per heavy atom. The average Bonchev–Trinajstić information content (AvgIpc) is 2.97. The molecule has 0 bridgehead atoms. The monoisotopic (exact) mass is 377 g/mol. The molecule has 0 aliphatic carbocycles. The zero-order valence-corrected chi connectivity index (χ0v) is 14.9. The van der Waals surface area contributed by atoms with E-state index in [9.17, 15) is 9.59 Å². The van der Waals surface area contributed by atoms with Crippen molar-refractivity contribution in [1.82, 2.24) is 9.88 Å². The molecule has 1 saturated heterocycles. The minimum Gasteiger partial charge on any atom is -0.342 e. The molecular formula is C18H17Cl2N3O2. The van der Waals surface area contributed by atoms with Crippen LogP contribution in [0.4, 0.5) is 5.82 Å². The molecule has 1 N–H and O–H groups in total. The van der Waals surface area contributed by atoms with E-state index >= 15 is 0 Å². The number of hydrogen-bond acceptors (Lipinski definition) is 3. The van der Waals surface area contributed by atoms with Crippen molar-refractivity contribution in [3.05, 3.63) is 58.2 Å². The van der Waals surface area contributed by atoms with Crippen LogP contribution in [0, 0.1) is 5.92 Å². The van der Waals surface area contributed by atoms with E-state index in [-0.39, 0.29) is 29.1 Å². The predicted molar refractivity (Wildman–Crippen MR) is 97.7 cm³/mol. The van der Waals surface area contributed by atoms with Crippen LogP contribution in [0.15, 0.2) is 42.6 Å². The van der Waals surface area contributed by atoms with Gasteiger partial charge in [0.25, 0.3) is 0 Å². The van der Waals surface area contributed by atoms with E-state index in [1.54, 1.807) is 4.90 Å². The van der Waals surface area contributed by atoms with E-state index in [2.05, 4.69) is 10.3 Å². The fourth-order valence-corrected chi connectivity index (χ4v) is 3.23. The van der Waals surface area contributed by atoms with Gasteiger partial charge in [0.15, 0.2) is 5.82 Å². The lowest BCUT2D eigenvalue weighted by Gasteiger charge is -2.16. The molecule has 130 valence electrons. The van der Waals surface area contributed by atoms with E-state index < -0.39 is 5.92 Å². The molecule has 1 atom stereocenters. The Hall–Kier alpha value is -2.11. The largest absolute Gasteiger partial charge is 0.342 e. The molecule has 1 aliphatic heterocycles. The van der Waals surface area contributed by atoms with Gasteiger partial charge in [-0.3, -0.25) is 9.59 Å². The second kappa shape index (κ2) is 7.85. The van der Waals surface area contributed by atoms with Crippen molar-refractivity contribution in [3.8, 4) is 0 Å². The molecule has 25 heavy (non-hydrogen) atoms. The minimum absolute atomic E-state index is 0.00811. The van der Waals surface area contributed by atoms with Crippen LogP contribution in [-0.2, 0) is 16.0 Å². The first-order valence-electron chi connectivity index (χ1n) is 7.96. The molecule has 2 amide bonds. The number of pyridine rings is 1. The maximum Gasteiger partial charge on any atom is 0.230 e. The van der Waals surface area contributed by atoms with Crippen molar-refractivity contribution < 1.29 is 9.59 Å². The summed E-state index contributed by atoms with van der Waals surface area (Å²) in [6.07, 6.45) is 2.38. The van der Waals surface area contributed by atoms with E-state index in [4.69, 9.17) is 23.2 Å². The Bertz CT molecular complexity index is 783. The zero-order chi connectivity index (χ0) is 17.8. The molecule has 2 heterocycles. The highest BCUT2D eigenvalue weighted by Crippen LogP contribution is 2.25. The minimum atomic E-state index is -0.406. The van der Waals surface area contributed by atoms with Gasteiger partial charge in [-0.15, -0.1) is 0 Å². The van der Waals surface area contributed by atoms with E-state index in [1.165, 1.54) is 17.8 Å². The van der Waals surface area contributed by atoms with Crippen LogP contribution >= 0.6 is 23.2 Å². The summed E-state index contributed by atoms with van der Waals surface area (Å²) >= 11 is 11.8. The number of rotatable bonds is 5. The summed E-state index contributed by atoms with van der Waals surface area (Å²) in [4.78, 5) is 30.3. The van der Waals surface area contributed by atoms with Crippen LogP contribution in [0.1, 0.15) is 12.0 Å². The third-order valence-corrected chi connectivity index (χ3v) is 4.64. The van der Waals surface area contributed by atoms with Crippen molar-refractivity contribution in [3.63, 3.8) is 0 Å². The lowest BCUT2D eigenvalue weighted by atomic mass is 10.1. The van der Waals surface area contributed by atoms with Crippen LogP contribution in [0.2, 0.25) is 10.0 Å². The lowest BCUT2D eigenvalue weighted by Crippen LogP contribution is -2.30. The van der Waals surface area contributed by atoms with Gasteiger partial charge in [0.2, 0.25) is 11.8 Å². The second-order valence-corrected chi connectivity index (χ2v) is 6.79. The highest BCUT2D eigenvalue weighted by Gasteiger charge is 2.34. The standard InChI is InChI=1S/C18H17Cl2N3O2/c19-14-9-15(20)17(21-10-14)22-18(25)13-8-16(24)23(11-13)7-6-12-4-2-1-3-5-12/h1-5,9-10,13H,6-8,11H2,(H,21,22,25). The number of carbonyl (C=O) groups is 2. The van der Waals surface area contributed by atoms with Crippen LogP contribution < -0.4 is 5.32 Å². The number of aromatic nitrogens is 1. The maximum absolute atomic E-state index is 12.4. The SMILES string of the molecule is O=C(Nc1ncc(Cl)cc1Cl)C1CC(=O)N(CCc2ccccc2)C1. The van der Waals surface area contributed by atoms with Gasteiger partial charge < -0.3 is 10.2 Å². The fourth-order valence-electron chi connectivity index (χ4n) is 2.80. The number of halogens is 2. The number of amides is 2. The molecule has 1 aliphatic rings. The fraction of sp³-hybridized carbons (Fsp3) is 0.278. The number of carbonyl (C=O) groups excluding carboxylic acids is 2. The molecule has 1 aromatic heterocycles. The number of nitrogens with zero attached hydrogens (tertiary/aromatic N) is 2. The zero-order valence-electron chi connectivity index (χ0n) is 13.4. The number of hydrogen-bond donors (Lipinski definition) is 1. The summed E-state index contributed by atoms with van der Waals surface area (Å²) < 4.78 is 0. The molecule has 1 fully saturated rings. The molecule has 1 unspecified atom stereocenters. The second-order valence-electron chi connectivity index (χ2n) is 5.95. The van der Waals surface area contributed by atoms with Gasteiger partial charge >= 0.3 is 0 Å². The molecule has 7 heteroatoms. The van der Waals surface area contributed by atoms with Crippen molar-refractivity contribution in [1.29, 1.82) is 0 Å². The Kier molecular flexibility index (Phi) is 5.56. The molecule has 3 rings (SSSR count). The van der Waals surface area contributed by atoms with Crippen molar-refractivity contribution in [2.24, 2.45) is 5.92 Å². The highest BCUT2D eigenvalue weighted by atomic mass is 35.5. The first kappa shape index (κ1) is 17.7. The summed E-state index contributed by atoms with van der Waals surface area (Å²) in [6, 6.07) is 11.5. The predicted octanol–water partition coefficient (Wildman–Crippen LogP) is 3.42. The molecule has 2 aromatic rings. The van der Waals surface area contributed by atoms with Gasteiger partial charge in [-0.2, -0.15) is 0 Å². The molecular weight excluding hydrogens is 361 g/mol. The topological polar surface area (TPSA) is 62.3 Å². The van der Waals surface area contributed by atoms with Gasteiger partial charge in [-0.25, -0.2) is 4.98 Å².